The molecule has 2 N–H and O–H groups in total. The first-order valence-electron chi connectivity index (χ1n) is 4.69. The average molecular weight is 165 g/mol. The third kappa shape index (κ3) is 1.03. The van der Waals surface area contributed by atoms with Gasteiger partial charge in [0.25, 0.3) is 0 Å². The Hall–Kier alpha value is -0.590. The largest absolute Gasteiger partial charge is 0.325 e. The van der Waals surface area contributed by atoms with E-state index in [0.29, 0.717) is 6.04 Å². The van der Waals surface area contributed by atoms with E-state index in [9.17, 15) is 0 Å². The van der Waals surface area contributed by atoms with Crippen molar-refractivity contribution in [3.63, 3.8) is 0 Å². The molecule has 1 aliphatic heterocycles. The zero-order valence-electron chi connectivity index (χ0n) is 7.29. The predicted octanol–water partition coefficient (Wildman–Crippen LogP) is 0.466. The molecule has 2 aliphatic rings. The van der Waals surface area contributed by atoms with Gasteiger partial charge in [0.1, 0.15) is 5.54 Å². The number of nitrogens with two attached hydrogens (primary N) is 1. The molecule has 0 amide bonds. The van der Waals surface area contributed by atoms with Crippen molar-refractivity contribution in [1.82, 2.24) is 4.90 Å². The molecule has 66 valence electrons. The lowest BCUT2D eigenvalue weighted by atomic mass is 9.92. The highest BCUT2D eigenvalue weighted by Crippen LogP contribution is 2.36. The molecule has 2 rings (SSSR count). The topological polar surface area (TPSA) is 53.0 Å². The minimum atomic E-state index is -0.129. The third-order valence-corrected chi connectivity index (χ3v) is 3.15. The maximum atomic E-state index is 9.11. The summed E-state index contributed by atoms with van der Waals surface area (Å²) in [5, 5.41) is 9.11. The SMILES string of the molecule is N#CC1(N2CC(N)C2)CCCC1. The van der Waals surface area contributed by atoms with Gasteiger partial charge in [0.15, 0.2) is 0 Å². The van der Waals surface area contributed by atoms with Crippen LogP contribution in [0.4, 0.5) is 0 Å². The molecular weight excluding hydrogens is 150 g/mol. The molecule has 1 heterocycles. The van der Waals surface area contributed by atoms with Gasteiger partial charge in [-0.3, -0.25) is 4.90 Å². The normalized spacial score (nSPS) is 29.7. The lowest BCUT2D eigenvalue weighted by Crippen LogP contribution is -2.63. The maximum Gasteiger partial charge on any atom is 0.109 e. The second-order valence-corrected chi connectivity index (χ2v) is 4.02. The Morgan fingerprint density at radius 2 is 1.92 bits per heavy atom. The standard InChI is InChI=1S/C9H15N3/c10-7-9(3-1-2-4-9)12-5-8(11)6-12/h8H,1-6,11H2. The van der Waals surface area contributed by atoms with Gasteiger partial charge in [-0.25, -0.2) is 0 Å². The van der Waals surface area contributed by atoms with Gasteiger partial charge >= 0.3 is 0 Å². The van der Waals surface area contributed by atoms with Crippen molar-refractivity contribution >= 4 is 0 Å². The predicted molar refractivity (Wildman–Crippen MR) is 46.4 cm³/mol. The fourth-order valence-corrected chi connectivity index (χ4v) is 2.32. The highest BCUT2D eigenvalue weighted by molar-refractivity contribution is 5.14. The molecule has 0 unspecified atom stereocenters. The van der Waals surface area contributed by atoms with Crippen molar-refractivity contribution < 1.29 is 0 Å². The summed E-state index contributed by atoms with van der Waals surface area (Å²) in [5.74, 6) is 0. The summed E-state index contributed by atoms with van der Waals surface area (Å²) in [6.07, 6.45) is 4.52. The van der Waals surface area contributed by atoms with Gasteiger partial charge in [-0.2, -0.15) is 5.26 Å². The van der Waals surface area contributed by atoms with E-state index in [0.717, 1.165) is 25.9 Å². The van der Waals surface area contributed by atoms with Gasteiger partial charge in [-0.1, -0.05) is 12.8 Å². The summed E-state index contributed by atoms with van der Waals surface area (Å²) in [5.41, 5.74) is 5.57. The molecular formula is C9H15N3. The number of likely N-dealkylation sites (tertiary alicyclic amines) is 1. The second-order valence-electron chi connectivity index (χ2n) is 4.02. The van der Waals surface area contributed by atoms with Crippen molar-refractivity contribution in [3.05, 3.63) is 0 Å². The Kier molecular flexibility index (Phi) is 1.82. The van der Waals surface area contributed by atoms with Gasteiger partial charge < -0.3 is 5.73 Å². The lowest BCUT2D eigenvalue weighted by molar-refractivity contribution is 0.0538. The van der Waals surface area contributed by atoms with Crippen molar-refractivity contribution in [1.29, 1.82) is 5.26 Å². The molecule has 0 bridgehead atoms. The first-order valence-corrected chi connectivity index (χ1v) is 4.69. The Labute approximate surface area is 73.1 Å². The highest BCUT2D eigenvalue weighted by Gasteiger charge is 2.44. The first-order chi connectivity index (χ1) is 5.77. The number of nitriles is 1. The van der Waals surface area contributed by atoms with E-state index in [4.69, 9.17) is 11.0 Å². The Balaban J connectivity index is 2.04. The van der Waals surface area contributed by atoms with E-state index < -0.39 is 0 Å². The zero-order chi connectivity index (χ0) is 8.60. The number of rotatable bonds is 1. The van der Waals surface area contributed by atoms with Crippen LogP contribution in [0.3, 0.4) is 0 Å². The number of nitrogens with zero attached hydrogens (tertiary/aromatic N) is 2. The van der Waals surface area contributed by atoms with Gasteiger partial charge in [0.2, 0.25) is 0 Å². The smallest absolute Gasteiger partial charge is 0.109 e. The zero-order valence-corrected chi connectivity index (χ0v) is 7.29. The van der Waals surface area contributed by atoms with E-state index >= 15 is 0 Å². The van der Waals surface area contributed by atoms with Crippen LogP contribution in [-0.4, -0.2) is 29.6 Å². The third-order valence-electron chi connectivity index (χ3n) is 3.15. The van der Waals surface area contributed by atoms with Gasteiger partial charge in [-0.05, 0) is 12.8 Å². The molecule has 1 saturated carbocycles. The molecule has 12 heavy (non-hydrogen) atoms. The number of hydrogen-bond donors (Lipinski definition) is 1. The van der Waals surface area contributed by atoms with Crippen LogP contribution in [0.2, 0.25) is 0 Å². The molecule has 0 atom stereocenters. The summed E-state index contributed by atoms with van der Waals surface area (Å²) in [6, 6.07) is 2.79. The molecule has 2 fully saturated rings. The highest BCUT2D eigenvalue weighted by atomic mass is 15.3. The van der Waals surface area contributed by atoms with Crippen LogP contribution in [0.25, 0.3) is 0 Å². The quantitative estimate of drug-likeness (QED) is 0.614. The van der Waals surface area contributed by atoms with Crippen LogP contribution in [0, 0.1) is 11.3 Å². The summed E-state index contributed by atoms with van der Waals surface area (Å²) < 4.78 is 0. The fraction of sp³-hybridized carbons (Fsp3) is 0.889. The van der Waals surface area contributed by atoms with Gasteiger partial charge in [-0.15, -0.1) is 0 Å². The van der Waals surface area contributed by atoms with Crippen molar-refractivity contribution in [3.8, 4) is 6.07 Å². The van der Waals surface area contributed by atoms with Crippen LogP contribution in [0.15, 0.2) is 0 Å². The summed E-state index contributed by atoms with van der Waals surface area (Å²) >= 11 is 0. The summed E-state index contributed by atoms with van der Waals surface area (Å²) in [7, 11) is 0. The summed E-state index contributed by atoms with van der Waals surface area (Å²) in [4.78, 5) is 2.25. The fourth-order valence-electron chi connectivity index (χ4n) is 2.32. The van der Waals surface area contributed by atoms with E-state index in [2.05, 4.69) is 11.0 Å². The van der Waals surface area contributed by atoms with E-state index in [1.807, 2.05) is 0 Å². The Morgan fingerprint density at radius 1 is 1.33 bits per heavy atom. The lowest BCUT2D eigenvalue weighted by Gasteiger charge is -2.46. The molecule has 0 spiro atoms. The minimum absolute atomic E-state index is 0.129. The Morgan fingerprint density at radius 3 is 2.33 bits per heavy atom. The monoisotopic (exact) mass is 165 g/mol. The van der Waals surface area contributed by atoms with E-state index in [-0.39, 0.29) is 5.54 Å². The molecule has 0 aromatic rings. The van der Waals surface area contributed by atoms with Crippen LogP contribution >= 0.6 is 0 Å². The molecule has 0 aromatic carbocycles. The molecule has 3 heteroatoms. The molecule has 1 saturated heterocycles. The summed E-state index contributed by atoms with van der Waals surface area (Å²) in [6.45, 7) is 1.85. The van der Waals surface area contributed by atoms with E-state index in [1.165, 1.54) is 12.8 Å². The van der Waals surface area contributed by atoms with Gasteiger partial charge in [0, 0.05) is 19.1 Å². The molecule has 1 aliphatic carbocycles. The minimum Gasteiger partial charge on any atom is -0.325 e. The number of hydrogen-bond acceptors (Lipinski definition) is 3. The first kappa shape index (κ1) is 8.03. The van der Waals surface area contributed by atoms with Gasteiger partial charge in [0.05, 0.1) is 6.07 Å². The van der Waals surface area contributed by atoms with E-state index in [1.54, 1.807) is 0 Å². The molecule has 0 radical (unpaired) electrons. The van der Waals surface area contributed by atoms with Crippen molar-refractivity contribution in [2.45, 2.75) is 37.3 Å². The van der Waals surface area contributed by atoms with Crippen LogP contribution in [0.5, 0.6) is 0 Å². The second kappa shape index (κ2) is 2.72. The van der Waals surface area contributed by atoms with Crippen molar-refractivity contribution in [2.24, 2.45) is 5.73 Å². The van der Waals surface area contributed by atoms with Crippen molar-refractivity contribution in [2.75, 3.05) is 13.1 Å². The molecule has 0 aromatic heterocycles. The van der Waals surface area contributed by atoms with Crippen LogP contribution < -0.4 is 5.73 Å². The average Bonchev–Trinajstić information content (AvgIpc) is 2.48. The maximum absolute atomic E-state index is 9.11. The Bertz CT molecular complexity index is 206. The molecule has 3 nitrogen and oxygen atoms in total. The van der Waals surface area contributed by atoms with Crippen LogP contribution in [-0.2, 0) is 0 Å². The van der Waals surface area contributed by atoms with Crippen LogP contribution in [0.1, 0.15) is 25.7 Å².